The summed E-state index contributed by atoms with van der Waals surface area (Å²) in [6.45, 7) is 2.65. The summed E-state index contributed by atoms with van der Waals surface area (Å²) in [6.07, 6.45) is 0. The zero-order valence-corrected chi connectivity index (χ0v) is 15.7. The highest BCUT2D eigenvalue weighted by Gasteiger charge is 2.33. The summed E-state index contributed by atoms with van der Waals surface area (Å²) in [5.74, 6) is -4.47. The minimum atomic E-state index is -1.60. The van der Waals surface area contributed by atoms with Gasteiger partial charge >= 0.3 is 0 Å². The van der Waals surface area contributed by atoms with Crippen molar-refractivity contribution in [1.82, 2.24) is 9.88 Å². The monoisotopic (exact) mass is 405 g/mol. The summed E-state index contributed by atoms with van der Waals surface area (Å²) in [7, 11) is 1.81. The number of nitrogens with zero attached hydrogens (tertiary/aromatic N) is 3. The average molecular weight is 405 g/mol. The molecule has 0 unspecified atom stereocenters. The number of likely N-dealkylation sites (N-methyl/N-ethyl adjacent to an activating group) is 1. The van der Waals surface area contributed by atoms with E-state index in [4.69, 9.17) is 0 Å². The first kappa shape index (κ1) is 19.0. The number of likely N-dealkylation sites (tertiary alicyclic amines) is 1. The molecule has 4 rings (SSSR count). The largest absolute Gasteiger partial charge is 0.364 e. The highest BCUT2D eigenvalue weighted by Crippen LogP contribution is 2.33. The summed E-state index contributed by atoms with van der Waals surface area (Å²) in [5.41, 5.74) is 1.93. The lowest BCUT2D eigenvalue weighted by Gasteiger charge is -2.40. The zero-order valence-electron chi connectivity index (χ0n) is 15.7. The number of pyridine rings is 1. The van der Waals surface area contributed by atoms with Crippen LogP contribution in [0, 0.1) is 24.4 Å². The number of anilines is 3. The van der Waals surface area contributed by atoms with Crippen molar-refractivity contribution >= 4 is 29.0 Å². The van der Waals surface area contributed by atoms with Crippen molar-refractivity contribution in [2.45, 2.75) is 13.0 Å². The highest BCUT2D eigenvalue weighted by molar-refractivity contribution is 6.02. The van der Waals surface area contributed by atoms with E-state index in [1.807, 2.05) is 18.0 Å². The van der Waals surface area contributed by atoms with Crippen molar-refractivity contribution in [2.75, 3.05) is 42.2 Å². The van der Waals surface area contributed by atoms with Gasteiger partial charge in [-0.15, -0.1) is 0 Å². The van der Waals surface area contributed by atoms with E-state index in [1.54, 1.807) is 6.92 Å². The maximum Gasteiger partial charge on any atom is 0.254 e. The molecule has 1 aromatic heterocycles. The Kier molecular flexibility index (Phi) is 4.56. The molecule has 2 aromatic rings. The summed E-state index contributed by atoms with van der Waals surface area (Å²) < 4.78 is 39.7. The fraction of sp³-hybridized carbons (Fsp3) is 0.316. The Hall–Kier alpha value is -3.30. The van der Waals surface area contributed by atoms with Crippen molar-refractivity contribution < 1.29 is 22.8 Å². The van der Waals surface area contributed by atoms with Crippen LogP contribution in [-0.2, 0) is 4.79 Å². The van der Waals surface area contributed by atoms with Gasteiger partial charge in [-0.25, -0.2) is 18.2 Å². The first-order valence-corrected chi connectivity index (χ1v) is 8.96. The number of rotatable bonds is 3. The second-order valence-electron chi connectivity index (χ2n) is 7.20. The molecule has 3 heterocycles. The Morgan fingerprint density at radius 3 is 2.52 bits per heavy atom. The van der Waals surface area contributed by atoms with Gasteiger partial charge in [0.1, 0.15) is 5.82 Å². The molecule has 0 saturated carbocycles. The quantitative estimate of drug-likeness (QED) is 0.766. The third-order valence-corrected chi connectivity index (χ3v) is 4.99. The van der Waals surface area contributed by atoms with E-state index < -0.39 is 23.4 Å². The van der Waals surface area contributed by atoms with Crippen LogP contribution in [0.25, 0.3) is 0 Å². The van der Waals surface area contributed by atoms with Gasteiger partial charge < -0.3 is 20.4 Å². The second kappa shape index (κ2) is 6.94. The number of fused-ring (bicyclic) bond motifs is 1. The van der Waals surface area contributed by atoms with Crippen LogP contribution in [0.1, 0.15) is 16.1 Å². The lowest BCUT2D eigenvalue weighted by molar-refractivity contribution is -0.115. The third kappa shape index (κ3) is 3.45. The minimum Gasteiger partial charge on any atom is -0.364 e. The molecule has 7 nitrogen and oxygen atoms in total. The van der Waals surface area contributed by atoms with Crippen LogP contribution in [0.3, 0.4) is 0 Å². The van der Waals surface area contributed by atoms with Gasteiger partial charge in [0.2, 0.25) is 5.91 Å². The predicted octanol–water partition coefficient (Wildman–Crippen LogP) is 2.13. The topological polar surface area (TPSA) is 77.6 Å². The molecule has 2 N–H and O–H groups in total. The van der Waals surface area contributed by atoms with Crippen LogP contribution in [0.5, 0.6) is 0 Å². The summed E-state index contributed by atoms with van der Waals surface area (Å²) in [5, 5.41) is 6.03. The third-order valence-electron chi connectivity index (χ3n) is 4.99. The highest BCUT2D eigenvalue weighted by atomic mass is 19.2. The molecule has 29 heavy (non-hydrogen) atoms. The average Bonchev–Trinajstić information content (AvgIpc) is 2.62. The number of amides is 2. The van der Waals surface area contributed by atoms with Crippen molar-refractivity contribution in [3.8, 4) is 0 Å². The van der Waals surface area contributed by atoms with Gasteiger partial charge in [0.25, 0.3) is 5.91 Å². The maximum absolute atomic E-state index is 13.3. The SMILES string of the molecule is Cc1nc(NC2CN(C(=O)c3cc(F)c(F)c(F)c3)C2)cc2c1NC(=O)CN2C. The smallest absolute Gasteiger partial charge is 0.254 e. The van der Waals surface area contributed by atoms with E-state index >= 15 is 0 Å². The fourth-order valence-corrected chi connectivity index (χ4v) is 3.47. The molecule has 10 heteroatoms. The predicted molar refractivity (Wildman–Crippen MR) is 101 cm³/mol. The molecule has 0 bridgehead atoms. The van der Waals surface area contributed by atoms with Gasteiger partial charge in [-0.1, -0.05) is 0 Å². The number of hydrogen-bond donors (Lipinski definition) is 2. The molecule has 0 radical (unpaired) electrons. The lowest BCUT2D eigenvalue weighted by atomic mass is 10.1. The normalized spacial score (nSPS) is 16.2. The Morgan fingerprint density at radius 2 is 1.86 bits per heavy atom. The molecule has 1 fully saturated rings. The molecule has 152 valence electrons. The number of halogens is 3. The summed E-state index contributed by atoms with van der Waals surface area (Å²) in [4.78, 5) is 31.7. The van der Waals surface area contributed by atoms with Gasteiger partial charge in [0, 0.05) is 31.8 Å². The van der Waals surface area contributed by atoms with Crippen LogP contribution in [-0.4, -0.2) is 54.4 Å². The minimum absolute atomic E-state index is 0.0949. The van der Waals surface area contributed by atoms with E-state index in [2.05, 4.69) is 15.6 Å². The molecular weight excluding hydrogens is 387 g/mol. The number of aromatic nitrogens is 1. The fourth-order valence-electron chi connectivity index (χ4n) is 3.47. The van der Waals surface area contributed by atoms with Gasteiger partial charge in [-0.05, 0) is 19.1 Å². The Labute approximate surface area is 164 Å². The van der Waals surface area contributed by atoms with Gasteiger partial charge in [0.05, 0.1) is 29.7 Å². The maximum atomic E-state index is 13.3. The van der Waals surface area contributed by atoms with Crippen molar-refractivity contribution in [3.05, 3.63) is 46.9 Å². The summed E-state index contributed by atoms with van der Waals surface area (Å²) in [6, 6.07) is 3.11. The number of benzene rings is 1. The number of carbonyl (C=O) groups is 2. The van der Waals surface area contributed by atoms with Crippen molar-refractivity contribution in [3.63, 3.8) is 0 Å². The van der Waals surface area contributed by atoms with Crippen LogP contribution >= 0.6 is 0 Å². The zero-order chi connectivity index (χ0) is 20.9. The second-order valence-corrected chi connectivity index (χ2v) is 7.20. The lowest BCUT2D eigenvalue weighted by Crippen LogP contribution is -2.57. The van der Waals surface area contributed by atoms with Crippen molar-refractivity contribution in [1.29, 1.82) is 0 Å². The molecule has 0 atom stereocenters. The van der Waals surface area contributed by atoms with E-state index in [0.29, 0.717) is 42.4 Å². The molecular formula is C19H18F3N5O2. The first-order chi connectivity index (χ1) is 13.7. The van der Waals surface area contributed by atoms with Crippen molar-refractivity contribution in [2.24, 2.45) is 0 Å². The number of nitrogens with one attached hydrogen (secondary N) is 2. The Morgan fingerprint density at radius 1 is 1.21 bits per heavy atom. The van der Waals surface area contributed by atoms with Gasteiger partial charge in [-0.2, -0.15) is 0 Å². The Bertz CT molecular complexity index is 1000. The molecule has 1 aromatic carbocycles. The van der Waals surface area contributed by atoms with Crippen LogP contribution < -0.4 is 15.5 Å². The van der Waals surface area contributed by atoms with E-state index in [-0.39, 0.29) is 24.1 Å². The van der Waals surface area contributed by atoms with Gasteiger partial charge in [-0.3, -0.25) is 9.59 Å². The molecule has 2 aliphatic heterocycles. The van der Waals surface area contributed by atoms with E-state index in [9.17, 15) is 22.8 Å². The van der Waals surface area contributed by atoms with E-state index in [1.165, 1.54) is 4.90 Å². The first-order valence-electron chi connectivity index (χ1n) is 8.96. The van der Waals surface area contributed by atoms with Crippen LogP contribution in [0.15, 0.2) is 18.2 Å². The van der Waals surface area contributed by atoms with Gasteiger partial charge in [0.15, 0.2) is 17.5 Å². The van der Waals surface area contributed by atoms with Crippen LogP contribution in [0.4, 0.5) is 30.4 Å². The number of aryl methyl sites for hydroxylation is 1. The molecule has 2 aliphatic rings. The molecule has 1 saturated heterocycles. The summed E-state index contributed by atoms with van der Waals surface area (Å²) >= 11 is 0. The number of carbonyl (C=O) groups excluding carboxylic acids is 2. The van der Waals surface area contributed by atoms with E-state index in [0.717, 1.165) is 5.69 Å². The molecule has 0 spiro atoms. The Balaban J connectivity index is 1.43. The number of hydrogen-bond acceptors (Lipinski definition) is 5. The standard InChI is InChI=1S/C19H18F3N5O2/c1-9-18-14(26(2)8-16(28)25-18)5-15(23-9)24-11-6-27(7-11)19(29)10-3-12(20)17(22)13(21)4-10/h3-5,11H,6-8H2,1-2H3,(H,23,24)(H,25,28). The van der Waals surface area contributed by atoms with Crippen LogP contribution in [0.2, 0.25) is 0 Å². The molecule has 0 aliphatic carbocycles. The molecule has 2 amide bonds.